The Labute approximate surface area is 180 Å². The van der Waals surface area contributed by atoms with Gasteiger partial charge < -0.3 is 5.11 Å². The zero-order chi connectivity index (χ0) is 20.6. The Hall–Kier alpha value is -0.0400. The topological polar surface area (TPSA) is 20.2 Å². The fraction of sp³-hybridized carbons (Fsp3) is 1.00. The van der Waals surface area contributed by atoms with Gasteiger partial charge in [0.05, 0.1) is 6.10 Å². The van der Waals surface area contributed by atoms with Crippen LogP contribution in [0.2, 0.25) is 0 Å². The zero-order valence-electron chi connectivity index (χ0n) is 20.0. The predicted molar refractivity (Wildman–Crippen MR) is 121 cm³/mol. The number of fused-ring (bicyclic) bond motifs is 5. The minimum Gasteiger partial charge on any atom is -0.393 e. The van der Waals surface area contributed by atoms with Crippen LogP contribution in [0.4, 0.5) is 0 Å². The molecule has 0 aliphatic heterocycles. The van der Waals surface area contributed by atoms with Gasteiger partial charge in [0.1, 0.15) is 0 Å². The number of hydrogen-bond donors (Lipinski definition) is 1. The van der Waals surface area contributed by atoms with E-state index < -0.39 is 0 Å². The molecule has 1 nitrogen and oxygen atoms in total. The van der Waals surface area contributed by atoms with Gasteiger partial charge in [-0.1, -0.05) is 34.6 Å². The van der Waals surface area contributed by atoms with E-state index in [1.165, 1.54) is 57.8 Å². The minimum absolute atomic E-state index is 0.00715. The smallest absolute Gasteiger partial charge is 0.0543 e. The van der Waals surface area contributed by atoms with E-state index in [1.54, 1.807) is 0 Å². The molecule has 29 heavy (non-hydrogen) atoms. The molecule has 11 atom stereocenters. The van der Waals surface area contributed by atoms with E-state index in [2.05, 4.69) is 34.6 Å². The molecule has 0 radical (unpaired) electrons. The largest absolute Gasteiger partial charge is 0.393 e. The van der Waals surface area contributed by atoms with Crippen molar-refractivity contribution in [1.29, 1.82) is 0 Å². The maximum absolute atomic E-state index is 10.3. The lowest BCUT2D eigenvalue weighted by Crippen LogP contribution is -2.54. The van der Waals surface area contributed by atoms with E-state index in [1.807, 2.05) is 0 Å². The first-order valence-electron chi connectivity index (χ1n) is 13.4. The summed E-state index contributed by atoms with van der Waals surface area (Å²) < 4.78 is 0. The molecule has 0 heterocycles. The van der Waals surface area contributed by atoms with Gasteiger partial charge in [-0.15, -0.1) is 0 Å². The summed E-state index contributed by atoms with van der Waals surface area (Å²) in [4.78, 5) is 0. The summed E-state index contributed by atoms with van der Waals surface area (Å²) in [5, 5.41) is 10.3. The third kappa shape index (κ3) is 3.27. The van der Waals surface area contributed by atoms with Crippen LogP contribution in [0.5, 0.6) is 0 Å². The number of aliphatic hydroxyl groups is 1. The van der Waals surface area contributed by atoms with Crippen molar-refractivity contribution in [2.45, 2.75) is 111 Å². The third-order valence-electron chi connectivity index (χ3n) is 11.9. The van der Waals surface area contributed by atoms with Crippen LogP contribution in [0.1, 0.15) is 105 Å². The van der Waals surface area contributed by atoms with Gasteiger partial charge in [-0.05, 0) is 135 Å². The highest BCUT2D eigenvalue weighted by molar-refractivity contribution is 5.10. The van der Waals surface area contributed by atoms with Crippen molar-refractivity contribution in [3.05, 3.63) is 0 Å². The minimum atomic E-state index is -0.00715. The lowest BCUT2D eigenvalue weighted by Gasteiger charge is -2.61. The normalized spacial score (nSPS) is 55.1. The molecule has 0 saturated heterocycles. The molecule has 5 aliphatic carbocycles. The summed E-state index contributed by atoms with van der Waals surface area (Å²) in [6.45, 7) is 12.9. The second-order valence-corrected chi connectivity index (χ2v) is 13.4. The van der Waals surface area contributed by atoms with Crippen LogP contribution in [-0.2, 0) is 0 Å². The van der Waals surface area contributed by atoms with Crippen molar-refractivity contribution in [2.24, 2.45) is 64.1 Å². The molecule has 5 aliphatic rings. The van der Waals surface area contributed by atoms with E-state index in [-0.39, 0.29) is 6.10 Å². The van der Waals surface area contributed by atoms with Crippen molar-refractivity contribution >= 4 is 0 Å². The van der Waals surface area contributed by atoms with E-state index in [4.69, 9.17) is 0 Å². The van der Waals surface area contributed by atoms with E-state index >= 15 is 0 Å². The molecule has 5 saturated carbocycles. The summed E-state index contributed by atoms with van der Waals surface area (Å²) in [6.07, 6.45) is 15.4. The molecule has 5 rings (SSSR count). The Morgan fingerprint density at radius 3 is 2.28 bits per heavy atom. The average Bonchev–Trinajstić information content (AvgIpc) is 3.34. The van der Waals surface area contributed by atoms with Gasteiger partial charge in [-0.25, -0.2) is 0 Å². The molecule has 0 amide bonds. The highest BCUT2D eigenvalue weighted by Crippen LogP contribution is 2.68. The summed E-state index contributed by atoms with van der Waals surface area (Å²) in [6, 6.07) is 0. The van der Waals surface area contributed by atoms with Crippen LogP contribution in [0.15, 0.2) is 0 Å². The van der Waals surface area contributed by atoms with Crippen LogP contribution < -0.4 is 0 Å². The van der Waals surface area contributed by atoms with Crippen molar-refractivity contribution in [1.82, 2.24) is 0 Å². The van der Waals surface area contributed by atoms with Crippen molar-refractivity contribution in [3.63, 3.8) is 0 Å². The fourth-order valence-electron chi connectivity index (χ4n) is 10.2. The lowest BCUT2D eigenvalue weighted by atomic mass is 9.44. The van der Waals surface area contributed by atoms with Gasteiger partial charge in [0.2, 0.25) is 0 Å². The first-order valence-corrected chi connectivity index (χ1v) is 13.4. The Morgan fingerprint density at radius 1 is 0.828 bits per heavy atom. The van der Waals surface area contributed by atoms with Crippen LogP contribution in [0.25, 0.3) is 0 Å². The molecule has 0 aromatic heterocycles. The van der Waals surface area contributed by atoms with E-state index in [9.17, 15) is 5.11 Å². The average molecular weight is 401 g/mol. The molecule has 0 spiro atoms. The van der Waals surface area contributed by atoms with E-state index in [0.717, 1.165) is 66.1 Å². The van der Waals surface area contributed by atoms with E-state index in [0.29, 0.717) is 10.8 Å². The molecule has 166 valence electrons. The van der Waals surface area contributed by atoms with Gasteiger partial charge in [-0.2, -0.15) is 0 Å². The molecule has 0 bridgehead atoms. The highest BCUT2D eigenvalue weighted by atomic mass is 16.3. The van der Waals surface area contributed by atoms with Gasteiger partial charge >= 0.3 is 0 Å². The van der Waals surface area contributed by atoms with Gasteiger partial charge in [0.15, 0.2) is 0 Å². The zero-order valence-corrected chi connectivity index (χ0v) is 20.0. The SMILES string of the molecule is CC(C)C1CC1CC(C)C1CCC2C3CCC4CC(O)CCC4(C)C3CCC12C. The molecule has 1 N–H and O–H groups in total. The molecule has 0 aromatic carbocycles. The number of aliphatic hydroxyl groups excluding tert-OH is 1. The summed E-state index contributed by atoms with van der Waals surface area (Å²) in [5.41, 5.74) is 1.16. The van der Waals surface area contributed by atoms with Crippen LogP contribution in [-0.4, -0.2) is 11.2 Å². The molecule has 1 heteroatoms. The summed E-state index contributed by atoms with van der Waals surface area (Å²) >= 11 is 0. The maximum Gasteiger partial charge on any atom is 0.0543 e. The monoisotopic (exact) mass is 400 g/mol. The Kier molecular flexibility index (Phi) is 5.21. The third-order valence-corrected chi connectivity index (χ3v) is 11.9. The molecule has 5 fully saturated rings. The quantitative estimate of drug-likeness (QED) is 0.524. The highest BCUT2D eigenvalue weighted by Gasteiger charge is 2.60. The Morgan fingerprint density at radius 2 is 1.55 bits per heavy atom. The molecule has 0 aromatic rings. The molecule has 11 unspecified atom stereocenters. The Bertz CT molecular complexity index is 611. The molecular weight excluding hydrogens is 352 g/mol. The van der Waals surface area contributed by atoms with Gasteiger partial charge in [-0.3, -0.25) is 0 Å². The number of hydrogen-bond acceptors (Lipinski definition) is 1. The molecular formula is C28H48O. The van der Waals surface area contributed by atoms with Gasteiger partial charge in [0, 0.05) is 0 Å². The summed E-state index contributed by atoms with van der Waals surface area (Å²) in [7, 11) is 0. The maximum atomic E-state index is 10.3. The standard InChI is InChI=1S/C28H48O/c1-17(2)23-15-19(23)14-18(3)24-8-9-25-22-7-6-20-16-21(29)10-12-27(20,4)26(22)11-13-28(24,25)5/h17-26,29H,6-16H2,1-5H3. The second-order valence-electron chi connectivity index (χ2n) is 13.4. The van der Waals surface area contributed by atoms with Gasteiger partial charge in [0.25, 0.3) is 0 Å². The predicted octanol–water partition coefficient (Wildman–Crippen LogP) is 7.32. The first kappa shape index (κ1) is 20.8. The van der Waals surface area contributed by atoms with Crippen molar-refractivity contribution < 1.29 is 5.11 Å². The lowest BCUT2D eigenvalue weighted by molar-refractivity contribution is -0.129. The van der Waals surface area contributed by atoms with Crippen LogP contribution >= 0.6 is 0 Å². The Balaban J connectivity index is 1.30. The number of rotatable bonds is 4. The second kappa shape index (κ2) is 7.25. The summed E-state index contributed by atoms with van der Waals surface area (Å²) in [5.74, 6) is 8.66. The first-order chi connectivity index (χ1) is 13.7. The van der Waals surface area contributed by atoms with Crippen LogP contribution in [0, 0.1) is 64.1 Å². The van der Waals surface area contributed by atoms with Crippen molar-refractivity contribution in [3.8, 4) is 0 Å². The van der Waals surface area contributed by atoms with Crippen molar-refractivity contribution in [2.75, 3.05) is 0 Å². The van der Waals surface area contributed by atoms with Crippen LogP contribution in [0.3, 0.4) is 0 Å². The fourth-order valence-corrected chi connectivity index (χ4v) is 10.2.